The van der Waals surface area contributed by atoms with E-state index in [2.05, 4.69) is 20.7 Å². The van der Waals surface area contributed by atoms with Crippen LogP contribution in [-0.4, -0.2) is 33.2 Å². The van der Waals surface area contributed by atoms with Crippen molar-refractivity contribution in [1.82, 2.24) is 14.8 Å². The molecule has 2 heterocycles. The van der Waals surface area contributed by atoms with Crippen molar-refractivity contribution >= 4 is 23.5 Å². The van der Waals surface area contributed by atoms with Crippen molar-refractivity contribution < 1.29 is 14.3 Å². The van der Waals surface area contributed by atoms with Crippen molar-refractivity contribution in [2.75, 3.05) is 17.2 Å². The number of ether oxygens (including phenoxy) is 1. The zero-order chi connectivity index (χ0) is 15.5. The normalized spacial score (nSPS) is 16.0. The fourth-order valence-corrected chi connectivity index (χ4v) is 2.28. The molecule has 0 aliphatic carbocycles. The number of hydrogen-bond donors (Lipinski definition) is 2. The lowest BCUT2D eigenvalue weighted by atomic mass is 10.2. The van der Waals surface area contributed by atoms with Crippen molar-refractivity contribution in [3.8, 4) is 5.75 Å². The lowest BCUT2D eigenvalue weighted by Gasteiger charge is -2.12. The van der Waals surface area contributed by atoms with E-state index < -0.39 is 6.04 Å². The summed E-state index contributed by atoms with van der Waals surface area (Å²) in [5, 5.41) is 9.29. The number of benzene rings is 1. The van der Waals surface area contributed by atoms with Crippen LogP contribution >= 0.6 is 0 Å². The fraction of sp³-hybridized carbons (Fsp3) is 0.286. The Morgan fingerprint density at radius 3 is 3.09 bits per heavy atom. The van der Waals surface area contributed by atoms with Gasteiger partial charge in [-0.15, -0.1) is 0 Å². The van der Waals surface area contributed by atoms with Gasteiger partial charge in [-0.1, -0.05) is 12.1 Å². The minimum Gasteiger partial charge on any atom is -0.492 e. The molecule has 0 spiro atoms. The molecule has 0 fully saturated rings. The Balaban J connectivity index is 1.70. The molecule has 0 saturated heterocycles. The first-order valence-corrected chi connectivity index (χ1v) is 6.91. The SMILES string of the molecule is CCOc1ccccc1NC(=O)CC1C(=O)Nc2ncnn21. The van der Waals surface area contributed by atoms with Gasteiger partial charge in [0, 0.05) is 0 Å². The molecule has 22 heavy (non-hydrogen) atoms. The third kappa shape index (κ3) is 2.62. The lowest BCUT2D eigenvalue weighted by molar-refractivity contribution is -0.123. The predicted octanol–water partition coefficient (Wildman–Crippen LogP) is 1.20. The van der Waals surface area contributed by atoms with Crippen LogP contribution in [-0.2, 0) is 9.59 Å². The minimum atomic E-state index is -0.684. The number of para-hydroxylation sites is 2. The minimum absolute atomic E-state index is 0.0251. The maximum Gasteiger partial charge on any atom is 0.252 e. The molecular weight excluding hydrogens is 286 g/mol. The van der Waals surface area contributed by atoms with Gasteiger partial charge in [-0.25, -0.2) is 4.68 Å². The third-order valence-corrected chi connectivity index (χ3v) is 3.25. The predicted molar refractivity (Wildman–Crippen MR) is 78.5 cm³/mol. The molecule has 1 aliphatic rings. The van der Waals surface area contributed by atoms with E-state index in [0.29, 0.717) is 24.0 Å². The molecular formula is C14H15N5O3. The molecule has 1 atom stereocenters. The third-order valence-electron chi connectivity index (χ3n) is 3.25. The highest BCUT2D eigenvalue weighted by molar-refractivity contribution is 6.01. The zero-order valence-corrected chi connectivity index (χ0v) is 11.9. The number of amides is 2. The van der Waals surface area contributed by atoms with Crippen LogP contribution in [0.1, 0.15) is 19.4 Å². The van der Waals surface area contributed by atoms with E-state index in [-0.39, 0.29) is 18.2 Å². The number of carbonyl (C=O) groups is 2. The largest absolute Gasteiger partial charge is 0.492 e. The number of fused-ring (bicyclic) bond motifs is 1. The Bertz CT molecular complexity index is 712. The summed E-state index contributed by atoms with van der Waals surface area (Å²) in [4.78, 5) is 27.9. The van der Waals surface area contributed by atoms with Gasteiger partial charge in [-0.05, 0) is 19.1 Å². The Kier molecular flexibility index (Phi) is 3.73. The van der Waals surface area contributed by atoms with Crippen LogP contribution in [0.15, 0.2) is 30.6 Å². The Labute approximate surface area is 126 Å². The van der Waals surface area contributed by atoms with Crippen LogP contribution in [0, 0.1) is 0 Å². The monoisotopic (exact) mass is 301 g/mol. The summed E-state index contributed by atoms with van der Waals surface area (Å²) >= 11 is 0. The molecule has 1 aromatic carbocycles. The van der Waals surface area contributed by atoms with Crippen LogP contribution in [0.5, 0.6) is 5.75 Å². The molecule has 2 amide bonds. The second kappa shape index (κ2) is 5.84. The van der Waals surface area contributed by atoms with Crippen LogP contribution in [0.25, 0.3) is 0 Å². The van der Waals surface area contributed by atoms with E-state index in [1.807, 2.05) is 13.0 Å². The molecule has 0 radical (unpaired) electrons. The molecule has 8 heteroatoms. The fourth-order valence-electron chi connectivity index (χ4n) is 2.28. The smallest absolute Gasteiger partial charge is 0.252 e. The molecule has 1 unspecified atom stereocenters. The topological polar surface area (TPSA) is 98.1 Å². The number of aromatic nitrogens is 3. The summed E-state index contributed by atoms with van der Waals surface area (Å²) in [7, 11) is 0. The van der Waals surface area contributed by atoms with Gasteiger partial charge >= 0.3 is 0 Å². The quantitative estimate of drug-likeness (QED) is 0.864. The van der Waals surface area contributed by atoms with E-state index in [4.69, 9.17) is 4.74 Å². The highest BCUT2D eigenvalue weighted by Gasteiger charge is 2.33. The van der Waals surface area contributed by atoms with E-state index >= 15 is 0 Å². The highest BCUT2D eigenvalue weighted by atomic mass is 16.5. The first-order chi connectivity index (χ1) is 10.7. The summed E-state index contributed by atoms with van der Waals surface area (Å²) in [6.45, 7) is 2.37. The number of nitrogens with zero attached hydrogens (tertiary/aromatic N) is 3. The van der Waals surface area contributed by atoms with E-state index in [9.17, 15) is 9.59 Å². The standard InChI is InChI=1S/C14H15N5O3/c1-2-22-11-6-4-3-5-9(11)17-12(20)7-10-13(21)18-14-15-8-16-19(10)14/h3-6,8,10H,2,7H2,1H3,(H,17,20)(H,15,16,18,21). The molecule has 0 saturated carbocycles. The summed E-state index contributed by atoms with van der Waals surface area (Å²) < 4.78 is 6.86. The van der Waals surface area contributed by atoms with E-state index in [1.165, 1.54) is 11.0 Å². The van der Waals surface area contributed by atoms with Gasteiger partial charge in [0.1, 0.15) is 18.1 Å². The van der Waals surface area contributed by atoms with Gasteiger partial charge < -0.3 is 10.1 Å². The summed E-state index contributed by atoms with van der Waals surface area (Å²) in [6, 6.07) is 6.47. The average molecular weight is 301 g/mol. The number of hydrogen-bond acceptors (Lipinski definition) is 5. The molecule has 1 aliphatic heterocycles. The van der Waals surface area contributed by atoms with Gasteiger partial charge in [0.15, 0.2) is 0 Å². The average Bonchev–Trinajstić information content (AvgIpc) is 3.05. The van der Waals surface area contributed by atoms with Crippen molar-refractivity contribution in [3.05, 3.63) is 30.6 Å². The van der Waals surface area contributed by atoms with Gasteiger partial charge in [-0.3, -0.25) is 14.9 Å². The van der Waals surface area contributed by atoms with Gasteiger partial charge in [-0.2, -0.15) is 10.1 Å². The van der Waals surface area contributed by atoms with Gasteiger partial charge in [0.2, 0.25) is 11.9 Å². The zero-order valence-electron chi connectivity index (χ0n) is 11.9. The van der Waals surface area contributed by atoms with Gasteiger partial charge in [0.05, 0.1) is 18.7 Å². The van der Waals surface area contributed by atoms with E-state index in [0.717, 1.165) is 0 Å². The Hall–Kier alpha value is -2.90. The second-order valence-electron chi connectivity index (χ2n) is 4.71. The summed E-state index contributed by atoms with van der Waals surface area (Å²) in [5.41, 5.74) is 0.576. The lowest BCUT2D eigenvalue weighted by Crippen LogP contribution is -2.23. The molecule has 2 aromatic rings. The number of rotatable bonds is 5. The Morgan fingerprint density at radius 2 is 2.27 bits per heavy atom. The van der Waals surface area contributed by atoms with Crippen LogP contribution < -0.4 is 15.4 Å². The highest BCUT2D eigenvalue weighted by Crippen LogP contribution is 2.27. The summed E-state index contributed by atoms with van der Waals surface area (Å²) in [6.07, 6.45) is 1.31. The maximum atomic E-state index is 12.2. The summed E-state index contributed by atoms with van der Waals surface area (Å²) in [5.74, 6) is 0.368. The van der Waals surface area contributed by atoms with Crippen molar-refractivity contribution in [1.29, 1.82) is 0 Å². The van der Waals surface area contributed by atoms with Crippen LogP contribution in [0.2, 0.25) is 0 Å². The number of carbonyl (C=O) groups excluding carboxylic acids is 2. The number of anilines is 2. The molecule has 8 nitrogen and oxygen atoms in total. The first kappa shape index (κ1) is 14.1. The number of nitrogens with one attached hydrogen (secondary N) is 2. The van der Waals surface area contributed by atoms with E-state index in [1.54, 1.807) is 18.2 Å². The van der Waals surface area contributed by atoms with Crippen molar-refractivity contribution in [3.63, 3.8) is 0 Å². The molecule has 0 bridgehead atoms. The van der Waals surface area contributed by atoms with Crippen LogP contribution in [0.4, 0.5) is 11.6 Å². The Morgan fingerprint density at radius 1 is 1.45 bits per heavy atom. The molecule has 2 N–H and O–H groups in total. The van der Waals surface area contributed by atoms with Crippen molar-refractivity contribution in [2.24, 2.45) is 0 Å². The molecule has 3 rings (SSSR count). The second-order valence-corrected chi connectivity index (χ2v) is 4.71. The molecule has 1 aromatic heterocycles. The van der Waals surface area contributed by atoms with Gasteiger partial charge in [0.25, 0.3) is 5.91 Å². The molecule has 114 valence electrons. The maximum absolute atomic E-state index is 12.2. The van der Waals surface area contributed by atoms with Crippen LogP contribution in [0.3, 0.4) is 0 Å². The van der Waals surface area contributed by atoms with Crippen molar-refractivity contribution in [2.45, 2.75) is 19.4 Å². The first-order valence-electron chi connectivity index (χ1n) is 6.91.